The summed E-state index contributed by atoms with van der Waals surface area (Å²) in [7, 11) is 0.730. The Balaban J connectivity index is 2.79. The summed E-state index contributed by atoms with van der Waals surface area (Å²) in [4.78, 5) is 0. The second-order valence-corrected chi connectivity index (χ2v) is 4.29. The SMILES string of the molecule is CBc1c(F)sc2cc(Cl)ccc12. The third-order valence-electron chi connectivity index (χ3n) is 2.06. The number of hydrogen-bond donors (Lipinski definition) is 0. The molecule has 13 heavy (non-hydrogen) atoms. The van der Waals surface area contributed by atoms with Crippen molar-refractivity contribution in [1.82, 2.24) is 0 Å². The number of hydrogen-bond acceptors (Lipinski definition) is 1. The molecule has 66 valence electrons. The standard InChI is InChI=1S/C9H7BClFS/c1-10-8-6-3-2-5(11)4-7(6)13-9(8)12/h2-4,10H,1H3. The molecule has 0 fully saturated rings. The molecule has 4 heteroatoms. The molecule has 0 aliphatic carbocycles. The van der Waals surface area contributed by atoms with Gasteiger partial charge in [0.2, 0.25) is 0 Å². The Hall–Kier alpha value is -0.535. The van der Waals surface area contributed by atoms with Crippen LogP contribution in [-0.2, 0) is 0 Å². The Kier molecular flexibility index (Phi) is 2.30. The van der Waals surface area contributed by atoms with Crippen molar-refractivity contribution in [3.63, 3.8) is 0 Å². The molecule has 0 spiro atoms. The van der Waals surface area contributed by atoms with Crippen LogP contribution in [0.1, 0.15) is 0 Å². The van der Waals surface area contributed by atoms with E-state index in [9.17, 15) is 4.39 Å². The Morgan fingerprint density at radius 1 is 1.46 bits per heavy atom. The maximum Gasteiger partial charge on any atom is 0.171 e. The fraction of sp³-hybridized carbons (Fsp3) is 0.111. The first-order valence-electron chi connectivity index (χ1n) is 4.08. The number of benzene rings is 1. The van der Waals surface area contributed by atoms with Crippen molar-refractivity contribution in [3.05, 3.63) is 28.4 Å². The van der Waals surface area contributed by atoms with E-state index < -0.39 is 0 Å². The van der Waals surface area contributed by atoms with Gasteiger partial charge in [0.15, 0.2) is 12.4 Å². The lowest BCUT2D eigenvalue weighted by Crippen LogP contribution is -2.11. The van der Waals surface area contributed by atoms with Crippen molar-refractivity contribution < 1.29 is 4.39 Å². The van der Waals surface area contributed by atoms with Gasteiger partial charge in [0.25, 0.3) is 0 Å². The van der Waals surface area contributed by atoms with Crippen molar-refractivity contribution in [3.8, 4) is 0 Å². The minimum Gasteiger partial charge on any atom is -0.196 e. The van der Waals surface area contributed by atoms with E-state index in [-0.39, 0.29) is 5.13 Å². The van der Waals surface area contributed by atoms with E-state index in [4.69, 9.17) is 11.6 Å². The second kappa shape index (κ2) is 3.31. The van der Waals surface area contributed by atoms with E-state index in [1.54, 1.807) is 6.07 Å². The summed E-state index contributed by atoms with van der Waals surface area (Å²) >= 11 is 6.97. The number of rotatable bonds is 1. The van der Waals surface area contributed by atoms with Crippen LogP contribution in [0.5, 0.6) is 0 Å². The van der Waals surface area contributed by atoms with Crippen molar-refractivity contribution >= 4 is 45.8 Å². The zero-order valence-electron chi connectivity index (χ0n) is 7.10. The fourth-order valence-electron chi connectivity index (χ4n) is 1.42. The van der Waals surface area contributed by atoms with Crippen LogP contribution in [0, 0.1) is 5.13 Å². The summed E-state index contributed by atoms with van der Waals surface area (Å²) in [6.45, 7) is 1.96. The molecule has 1 heterocycles. The quantitative estimate of drug-likeness (QED) is 0.638. The van der Waals surface area contributed by atoms with Gasteiger partial charge in [-0.25, -0.2) is 0 Å². The van der Waals surface area contributed by atoms with Crippen molar-refractivity contribution in [1.29, 1.82) is 0 Å². The number of halogens is 2. The third-order valence-corrected chi connectivity index (χ3v) is 3.28. The lowest BCUT2D eigenvalue weighted by Gasteiger charge is -1.93. The molecule has 1 aromatic carbocycles. The molecule has 0 radical (unpaired) electrons. The molecule has 2 aromatic rings. The summed E-state index contributed by atoms with van der Waals surface area (Å²) in [5.41, 5.74) is 0.802. The van der Waals surface area contributed by atoms with Gasteiger partial charge in [-0.15, -0.1) is 11.3 Å². The minimum atomic E-state index is -0.0835. The van der Waals surface area contributed by atoms with Gasteiger partial charge in [-0.3, -0.25) is 0 Å². The highest BCUT2D eigenvalue weighted by Crippen LogP contribution is 2.25. The predicted molar refractivity (Wildman–Crippen MR) is 59.4 cm³/mol. The van der Waals surface area contributed by atoms with E-state index in [2.05, 4.69) is 0 Å². The zero-order valence-corrected chi connectivity index (χ0v) is 8.68. The lowest BCUT2D eigenvalue weighted by molar-refractivity contribution is 0.665. The normalized spacial score (nSPS) is 10.7. The summed E-state index contributed by atoms with van der Waals surface area (Å²) in [5.74, 6) is 0. The van der Waals surface area contributed by atoms with Gasteiger partial charge in [-0.2, -0.15) is 4.39 Å². The van der Waals surface area contributed by atoms with Gasteiger partial charge < -0.3 is 0 Å². The monoisotopic (exact) mass is 212 g/mol. The van der Waals surface area contributed by atoms with Crippen LogP contribution >= 0.6 is 22.9 Å². The van der Waals surface area contributed by atoms with Crippen LogP contribution in [0.15, 0.2) is 18.2 Å². The van der Waals surface area contributed by atoms with Crippen molar-refractivity contribution in [2.45, 2.75) is 6.82 Å². The highest BCUT2D eigenvalue weighted by atomic mass is 35.5. The molecule has 1 aromatic heterocycles. The molecule has 0 saturated heterocycles. The Bertz CT molecular complexity index is 452. The highest BCUT2D eigenvalue weighted by Gasteiger charge is 2.10. The van der Waals surface area contributed by atoms with Crippen LogP contribution in [-0.4, -0.2) is 7.28 Å². The van der Waals surface area contributed by atoms with Crippen molar-refractivity contribution in [2.24, 2.45) is 0 Å². The van der Waals surface area contributed by atoms with Gasteiger partial charge in [0.1, 0.15) is 0 Å². The Morgan fingerprint density at radius 2 is 2.23 bits per heavy atom. The molecule has 0 amide bonds. The van der Waals surface area contributed by atoms with E-state index >= 15 is 0 Å². The van der Waals surface area contributed by atoms with Gasteiger partial charge in [-0.05, 0) is 23.0 Å². The summed E-state index contributed by atoms with van der Waals surface area (Å²) in [5, 5.41) is 1.57. The van der Waals surface area contributed by atoms with E-state index in [0.29, 0.717) is 5.02 Å². The van der Waals surface area contributed by atoms with E-state index in [0.717, 1.165) is 22.8 Å². The van der Waals surface area contributed by atoms with Crippen LogP contribution in [0.2, 0.25) is 11.8 Å². The molecule has 0 saturated carbocycles. The Labute approximate surface area is 85.6 Å². The van der Waals surface area contributed by atoms with Crippen molar-refractivity contribution in [2.75, 3.05) is 0 Å². The topological polar surface area (TPSA) is 0 Å². The van der Waals surface area contributed by atoms with E-state index in [1.807, 2.05) is 19.0 Å². The van der Waals surface area contributed by atoms with Crippen LogP contribution in [0.4, 0.5) is 4.39 Å². The highest BCUT2D eigenvalue weighted by molar-refractivity contribution is 7.19. The molecular weight excluding hydrogens is 205 g/mol. The van der Waals surface area contributed by atoms with Crippen LogP contribution in [0.25, 0.3) is 10.1 Å². The summed E-state index contributed by atoms with van der Waals surface area (Å²) in [6.07, 6.45) is 0. The molecule has 0 N–H and O–H groups in total. The first kappa shape index (κ1) is 9.04. The molecule has 0 aliphatic rings. The Morgan fingerprint density at radius 3 is 2.92 bits per heavy atom. The maximum absolute atomic E-state index is 13.3. The third kappa shape index (κ3) is 1.47. The number of thiophene rings is 1. The van der Waals surface area contributed by atoms with Gasteiger partial charge in [0, 0.05) is 9.72 Å². The molecule has 0 unspecified atom stereocenters. The minimum absolute atomic E-state index is 0.0835. The molecule has 2 rings (SSSR count). The first-order chi connectivity index (χ1) is 6.22. The lowest BCUT2D eigenvalue weighted by atomic mass is 9.73. The van der Waals surface area contributed by atoms with Gasteiger partial charge in [0.05, 0.1) is 0 Å². The van der Waals surface area contributed by atoms with Crippen LogP contribution < -0.4 is 5.46 Å². The van der Waals surface area contributed by atoms with Gasteiger partial charge in [-0.1, -0.05) is 24.5 Å². The van der Waals surface area contributed by atoms with E-state index in [1.165, 1.54) is 11.3 Å². The second-order valence-electron chi connectivity index (χ2n) is 2.85. The molecular formula is C9H7BClFS. The average Bonchev–Trinajstić information content (AvgIpc) is 2.39. The largest absolute Gasteiger partial charge is 0.196 e. The average molecular weight is 212 g/mol. The smallest absolute Gasteiger partial charge is 0.171 e. The molecule has 0 atom stereocenters. The first-order valence-corrected chi connectivity index (χ1v) is 5.28. The molecule has 0 nitrogen and oxygen atoms in total. The van der Waals surface area contributed by atoms with Crippen LogP contribution in [0.3, 0.4) is 0 Å². The summed E-state index contributed by atoms with van der Waals surface area (Å²) < 4.78 is 14.2. The summed E-state index contributed by atoms with van der Waals surface area (Å²) in [6, 6.07) is 5.50. The van der Waals surface area contributed by atoms with Gasteiger partial charge >= 0.3 is 0 Å². The molecule has 0 aliphatic heterocycles. The number of fused-ring (bicyclic) bond motifs is 1. The fourth-order valence-corrected chi connectivity index (χ4v) is 2.72. The molecule has 0 bridgehead atoms. The zero-order chi connectivity index (χ0) is 9.42. The maximum atomic E-state index is 13.3. The predicted octanol–water partition coefficient (Wildman–Crippen LogP) is 2.80.